The Morgan fingerprint density at radius 2 is 2.27 bits per heavy atom. The highest BCUT2D eigenvalue weighted by molar-refractivity contribution is 7.89. The normalized spacial score (nSPS) is 12.1. The van der Waals surface area contributed by atoms with Gasteiger partial charge < -0.3 is 10.1 Å². The van der Waals surface area contributed by atoms with Crippen LogP contribution in [0.3, 0.4) is 0 Å². The average molecular weight is 225 g/mol. The van der Waals surface area contributed by atoms with E-state index in [-0.39, 0.29) is 5.75 Å². The molecule has 0 aliphatic rings. The number of nitrogens with two attached hydrogens (primary N) is 1. The van der Waals surface area contributed by atoms with Gasteiger partial charge in [0.25, 0.3) is 0 Å². The Hall–Kier alpha value is -1.56. The van der Waals surface area contributed by atoms with E-state index in [2.05, 4.69) is 4.98 Å². The van der Waals surface area contributed by atoms with Crippen LogP contribution in [0.4, 0.5) is 5.69 Å². The molecule has 0 aromatic carbocycles. The van der Waals surface area contributed by atoms with Crippen molar-refractivity contribution in [1.82, 2.24) is 9.38 Å². The highest BCUT2D eigenvalue weighted by Crippen LogP contribution is 2.10. The minimum atomic E-state index is -3.04. The summed E-state index contributed by atoms with van der Waals surface area (Å²) in [5, 5.41) is 0. The maximum absolute atomic E-state index is 11.1. The molecule has 0 radical (unpaired) electrons. The number of sulfone groups is 1. The molecule has 2 heterocycles. The summed E-state index contributed by atoms with van der Waals surface area (Å²) in [7, 11) is -3.04. The lowest BCUT2D eigenvalue weighted by Crippen LogP contribution is -2.00. The van der Waals surface area contributed by atoms with E-state index in [4.69, 9.17) is 5.73 Å². The van der Waals surface area contributed by atoms with Gasteiger partial charge in [-0.15, -0.1) is 0 Å². The average Bonchev–Trinajstić information content (AvgIpc) is 2.42. The Kier molecular flexibility index (Phi) is 2.15. The number of hydrogen-bond acceptors (Lipinski definition) is 4. The molecule has 0 fully saturated rings. The van der Waals surface area contributed by atoms with E-state index in [1.54, 1.807) is 28.9 Å². The van der Waals surface area contributed by atoms with Gasteiger partial charge in [-0.1, -0.05) is 0 Å². The Balaban J connectivity index is 2.48. The molecule has 80 valence electrons. The van der Waals surface area contributed by atoms with E-state index >= 15 is 0 Å². The van der Waals surface area contributed by atoms with Gasteiger partial charge in [0.05, 0.1) is 11.4 Å². The number of rotatable bonds is 2. The molecule has 0 saturated carbocycles. The van der Waals surface area contributed by atoms with E-state index in [9.17, 15) is 8.42 Å². The molecule has 0 unspecified atom stereocenters. The summed E-state index contributed by atoms with van der Waals surface area (Å²) in [4.78, 5) is 4.16. The van der Waals surface area contributed by atoms with Crippen LogP contribution < -0.4 is 5.73 Å². The van der Waals surface area contributed by atoms with E-state index in [1.807, 2.05) is 0 Å². The summed E-state index contributed by atoms with van der Waals surface area (Å²) < 4.78 is 23.9. The first-order valence-corrected chi connectivity index (χ1v) is 6.41. The van der Waals surface area contributed by atoms with Crippen LogP contribution in [-0.4, -0.2) is 24.1 Å². The summed E-state index contributed by atoms with van der Waals surface area (Å²) in [6.45, 7) is 0. The monoisotopic (exact) mass is 225 g/mol. The van der Waals surface area contributed by atoms with Gasteiger partial charge in [-0.25, -0.2) is 13.4 Å². The molecule has 0 aliphatic carbocycles. The number of imidazole rings is 1. The maximum Gasteiger partial charge on any atom is 0.153 e. The molecular weight excluding hydrogens is 214 g/mol. The zero-order chi connectivity index (χ0) is 11.1. The van der Waals surface area contributed by atoms with Crippen LogP contribution in [0.1, 0.15) is 5.69 Å². The second-order valence-corrected chi connectivity index (χ2v) is 5.67. The molecule has 6 heteroatoms. The number of pyridine rings is 1. The van der Waals surface area contributed by atoms with Gasteiger partial charge in [0.15, 0.2) is 9.84 Å². The molecule has 0 aliphatic heterocycles. The smallest absolute Gasteiger partial charge is 0.153 e. The van der Waals surface area contributed by atoms with Crippen molar-refractivity contribution in [1.29, 1.82) is 0 Å². The van der Waals surface area contributed by atoms with Gasteiger partial charge >= 0.3 is 0 Å². The summed E-state index contributed by atoms with van der Waals surface area (Å²) in [5.74, 6) is -0.0470. The van der Waals surface area contributed by atoms with Crippen molar-refractivity contribution in [2.24, 2.45) is 0 Å². The number of nitrogens with zero attached hydrogens (tertiary/aromatic N) is 2. The fraction of sp³-hybridized carbons (Fsp3) is 0.222. The Labute approximate surface area is 87.5 Å². The predicted molar refractivity (Wildman–Crippen MR) is 58.2 cm³/mol. The van der Waals surface area contributed by atoms with Crippen molar-refractivity contribution in [2.75, 3.05) is 12.0 Å². The summed E-state index contributed by atoms with van der Waals surface area (Å²) in [5.41, 5.74) is 7.39. The molecule has 2 N–H and O–H groups in total. The third-order valence-corrected chi connectivity index (χ3v) is 2.76. The van der Waals surface area contributed by atoms with Gasteiger partial charge in [-0.3, -0.25) is 0 Å². The van der Waals surface area contributed by atoms with Gasteiger partial charge in [0.2, 0.25) is 0 Å². The van der Waals surface area contributed by atoms with Gasteiger partial charge in [-0.05, 0) is 6.07 Å². The number of nitrogen functional groups attached to an aromatic ring is 1. The highest BCUT2D eigenvalue weighted by atomic mass is 32.2. The standard InChI is InChI=1S/C9H11N3O2S/c1-15(13,14)6-8-5-12-3-2-7(10)4-9(12)11-8/h2-5H,6,10H2,1H3. The predicted octanol–water partition coefficient (Wildman–Crippen LogP) is 0.461. The maximum atomic E-state index is 11.1. The van der Waals surface area contributed by atoms with Crippen LogP contribution in [0, 0.1) is 0 Å². The van der Waals surface area contributed by atoms with Crippen molar-refractivity contribution < 1.29 is 8.42 Å². The van der Waals surface area contributed by atoms with E-state index in [1.165, 1.54) is 6.26 Å². The molecule has 0 amide bonds. The van der Waals surface area contributed by atoms with Crippen molar-refractivity contribution in [3.05, 3.63) is 30.2 Å². The zero-order valence-corrected chi connectivity index (χ0v) is 9.03. The number of hydrogen-bond donors (Lipinski definition) is 1. The van der Waals surface area contributed by atoms with Crippen LogP contribution in [0.25, 0.3) is 5.65 Å². The van der Waals surface area contributed by atoms with Gasteiger partial charge in [0.1, 0.15) is 5.65 Å². The zero-order valence-electron chi connectivity index (χ0n) is 8.21. The largest absolute Gasteiger partial charge is 0.399 e. The van der Waals surface area contributed by atoms with Gasteiger partial charge in [0, 0.05) is 30.4 Å². The van der Waals surface area contributed by atoms with Crippen LogP contribution in [0.15, 0.2) is 24.5 Å². The minimum absolute atomic E-state index is 0.0470. The molecule has 5 nitrogen and oxygen atoms in total. The van der Waals surface area contributed by atoms with Crippen LogP contribution in [-0.2, 0) is 15.6 Å². The molecule has 2 aromatic heterocycles. The van der Waals surface area contributed by atoms with Crippen molar-refractivity contribution in [3.63, 3.8) is 0 Å². The third kappa shape index (κ3) is 2.27. The van der Waals surface area contributed by atoms with Crippen molar-refractivity contribution >= 4 is 21.2 Å². The molecule has 2 rings (SSSR count). The summed E-state index contributed by atoms with van der Waals surface area (Å²) in [6.07, 6.45) is 4.63. The molecule has 0 spiro atoms. The van der Waals surface area contributed by atoms with Crippen molar-refractivity contribution in [3.8, 4) is 0 Å². The first-order chi connectivity index (χ1) is 6.94. The molecule has 2 aromatic rings. The van der Waals surface area contributed by atoms with E-state index < -0.39 is 9.84 Å². The molecule has 15 heavy (non-hydrogen) atoms. The lowest BCUT2D eigenvalue weighted by molar-refractivity contribution is 0.600. The SMILES string of the molecule is CS(=O)(=O)Cc1cn2ccc(N)cc2n1. The number of aromatic nitrogens is 2. The van der Waals surface area contributed by atoms with Crippen LogP contribution >= 0.6 is 0 Å². The molecule has 0 saturated heterocycles. The number of anilines is 1. The van der Waals surface area contributed by atoms with E-state index in [0.717, 1.165) is 0 Å². The first-order valence-electron chi connectivity index (χ1n) is 4.35. The van der Waals surface area contributed by atoms with Crippen molar-refractivity contribution in [2.45, 2.75) is 5.75 Å². The summed E-state index contributed by atoms with van der Waals surface area (Å²) in [6, 6.07) is 3.44. The first kappa shape index (κ1) is 9.97. The fourth-order valence-corrected chi connectivity index (χ4v) is 2.06. The summed E-state index contributed by atoms with van der Waals surface area (Å²) >= 11 is 0. The second-order valence-electron chi connectivity index (χ2n) is 3.53. The molecule has 0 atom stereocenters. The van der Waals surface area contributed by atoms with Crippen LogP contribution in [0.2, 0.25) is 0 Å². The minimum Gasteiger partial charge on any atom is -0.399 e. The Morgan fingerprint density at radius 1 is 1.53 bits per heavy atom. The third-order valence-electron chi connectivity index (χ3n) is 1.94. The Bertz CT molecular complexity index is 601. The quantitative estimate of drug-likeness (QED) is 0.805. The van der Waals surface area contributed by atoms with Gasteiger partial charge in [-0.2, -0.15) is 0 Å². The van der Waals surface area contributed by atoms with Crippen LogP contribution in [0.5, 0.6) is 0 Å². The second kappa shape index (κ2) is 3.23. The lowest BCUT2D eigenvalue weighted by Gasteiger charge is -1.92. The number of fused-ring (bicyclic) bond motifs is 1. The molecule has 0 bridgehead atoms. The Morgan fingerprint density at radius 3 is 2.93 bits per heavy atom. The highest BCUT2D eigenvalue weighted by Gasteiger charge is 2.08. The lowest BCUT2D eigenvalue weighted by atomic mass is 10.4. The fourth-order valence-electron chi connectivity index (χ4n) is 1.39. The molecular formula is C9H11N3O2S. The van der Waals surface area contributed by atoms with E-state index in [0.29, 0.717) is 17.0 Å². The topological polar surface area (TPSA) is 77.5 Å².